The summed E-state index contributed by atoms with van der Waals surface area (Å²) in [7, 11) is 3.07. The summed E-state index contributed by atoms with van der Waals surface area (Å²) in [6.07, 6.45) is 4.90. The van der Waals surface area contributed by atoms with Gasteiger partial charge in [-0.3, -0.25) is 0 Å². The quantitative estimate of drug-likeness (QED) is 0.422. The number of anilines is 2. The number of ether oxygens (including phenoxy) is 1. The minimum atomic E-state index is -1.59. The average Bonchev–Trinajstić information content (AvgIpc) is 3.42. The van der Waals surface area contributed by atoms with Crippen LogP contribution in [0.15, 0.2) is 24.7 Å². The Labute approximate surface area is 187 Å². The van der Waals surface area contributed by atoms with Crippen molar-refractivity contribution in [3.63, 3.8) is 0 Å². The molecule has 1 atom stereocenters. The predicted octanol–water partition coefficient (Wildman–Crippen LogP) is 3.38. The maximum atomic E-state index is 15.2. The topological polar surface area (TPSA) is 105 Å². The molecule has 1 aliphatic heterocycles. The van der Waals surface area contributed by atoms with Gasteiger partial charge in [0, 0.05) is 62.3 Å². The molecule has 8 nitrogen and oxygen atoms in total. The van der Waals surface area contributed by atoms with Gasteiger partial charge < -0.3 is 25.7 Å². The SMILES string of the molecule is CNc1cc(F)c(F)c2c1[nH]c1ncc(-c3cnc(OC)nc3)c(N3CCC(F)(CN)C3)c12. The fraction of sp³-hybridized carbons (Fsp3) is 0.318. The Bertz CT molecular complexity index is 1360. The van der Waals surface area contributed by atoms with Crippen LogP contribution in [0.4, 0.5) is 24.5 Å². The van der Waals surface area contributed by atoms with Crippen LogP contribution in [0.25, 0.3) is 33.1 Å². The van der Waals surface area contributed by atoms with Crippen molar-refractivity contribution < 1.29 is 17.9 Å². The Morgan fingerprint density at radius 2 is 1.97 bits per heavy atom. The van der Waals surface area contributed by atoms with Crippen LogP contribution in [0.3, 0.4) is 0 Å². The van der Waals surface area contributed by atoms with Crippen molar-refractivity contribution in [1.29, 1.82) is 0 Å². The predicted molar refractivity (Wildman–Crippen MR) is 120 cm³/mol. The van der Waals surface area contributed by atoms with E-state index >= 15 is 8.78 Å². The summed E-state index contributed by atoms with van der Waals surface area (Å²) in [5, 5.41) is 3.27. The lowest BCUT2D eigenvalue weighted by Crippen LogP contribution is -2.36. The van der Waals surface area contributed by atoms with Gasteiger partial charge in [-0.15, -0.1) is 0 Å². The van der Waals surface area contributed by atoms with Gasteiger partial charge in [0.2, 0.25) is 0 Å². The van der Waals surface area contributed by atoms with Crippen molar-refractivity contribution in [2.24, 2.45) is 5.73 Å². The number of hydrogen-bond donors (Lipinski definition) is 3. The van der Waals surface area contributed by atoms with Crippen LogP contribution in [0.1, 0.15) is 6.42 Å². The number of hydrogen-bond acceptors (Lipinski definition) is 7. The van der Waals surface area contributed by atoms with E-state index in [0.29, 0.717) is 45.6 Å². The maximum Gasteiger partial charge on any atom is 0.316 e. The molecule has 0 amide bonds. The van der Waals surface area contributed by atoms with E-state index in [9.17, 15) is 4.39 Å². The van der Waals surface area contributed by atoms with Crippen LogP contribution in [-0.2, 0) is 0 Å². The summed E-state index contributed by atoms with van der Waals surface area (Å²) in [4.78, 5) is 17.7. The first-order valence-electron chi connectivity index (χ1n) is 10.4. The molecule has 0 aliphatic carbocycles. The summed E-state index contributed by atoms with van der Waals surface area (Å²) >= 11 is 0. The van der Waals surface area contributed by atoms with E-state index in [0.717, 1.165) is 6.07 Å². The Kier molecular flexibility index (Phi) is 5.00. The highest BCUT2D eigenvalue weighted by Crippen LogP contribution is 2.45. The number of nitrogens with one attached hydrogen (secondary N) is 2. The van der Waals surface area contributed by atoms with Gasteiger partial charge in [-0.2, -0.15) is 0 Å². The fourth-order valence-corrected chi connectivity index (χ4v) is 4.43. The van der Waals surface area contributed by atoms with Crippen LogP contribution in [0.5, 0.6) is 6.01 Å². The molecule has 0 saturated carbocycles. The van der Waals surface area contributed by atoms with Crippen LogP contribution < -0.4 is 20.7 Å². The smallest absolute Gasteiger partial charge is 0.316 e. The van der Waals surface area contributed by atoms with Crippen molar-refractivity contribution in [2.45, 2.75) is 12.1 Å². The molecule has 11 heteroatoms. The normalized spacial score (nSPS) is 18.4. The molecule has 4 N–H and O–H groups in total. The van der Waals surface area contributed by atoms with E-state index < -0.39 is 17.3 Å². The summed E-state index contributed by atoms with van der Waals surface area (Å²) in [6.45, 7) is 0.216. The molecule has 1 aliphatic rings. The number of nitrogens with two attached hydrogens (primary N) is 1. The molecular formula is C22H22F3N7O. The van der Waals surface area contributed by atoms with Gasteiger partial charge in [0.25, 0.3) is 0 Å². The van der Waals surface area contributed by atoms with Gasteiger partial charge in [0.05, 0.1) is 41.3 Å². The van der Waals surface area contributed by atoms with E-state index in [-0.39, 0.29) is 30.9 Å². The minimum Gasteiger partial charge on any atom is -0.467 e. The average molecular weight is 457 g/mol. The van der Waals surface area contributed by atoms with Gasteiger partial charge in [-0.05, 0) is 0 Å². The minimum absolute atomic E-state index is 0.00905. The second-order valence-corrected chi connectivity index (χ2v) is 8.07. The summed E-state index contributed by atoms with van der Waals surface area (Å²) in [6, 6.07) is 1.27. The van der Waals surface area contributed by atoms with Crippen LogP contribution in [-0.4, -0.2) is 59.4 Å². The zero-order valence-electron chi connectivity index (χ0n) is 18.0. The van der Waals surface area contributed by atoms with Crippen LogP contribution in [0.2, 0.25) is 0 Å². The number of fused-ring (bicyclic) bond motifs is 3. The summed E-state index contributed by atoms with van der Waals surface area (Å²) < 4.78 is 49.9. The number of aromatic amines is 1. The number of aromatic nitrogens is 4. The lowest BCUT2D eigenvalue weighted by Gasteiger charge is -2.24. The summed E-state index contributed by atoms with van der Waals surface area (Å²) in [5.74, 6) is -2.01. The van der Waals surface area contributed by atoms with Gasteiger partial charge in [-0.1, -0.05) is 0 Å². The Morgan fingerprint density at radius 1 is 1.21 bits per heavy atom. The standard InChI is InChI=1S/C22H22F3N7O/c1-27-14-5-13(23)17(24)15-16-19(32-4-3-22(25,9-26)10-32)12(8-28-20(16)31-18(14)15)11-6-29-21(33-2)30-7-11/h5-8,27H,3-4,9-10,26H2,1-2H3,(H,28,31). The molecule has 4 aromatic rings. The van der Waals surface area contributed by atoms with E-state index in [1.54, 1.807) is 30.5 Å². The van der Waals surface area contributed by atoms with Gasteiger partial charge in [0.1, 0.15) is 11.3 Å². The molecule has 0 bridgehead atoms. The third-order valence-electron chi connectivity index (χ3n) is 6.14. The molecule has 1 aromatic carbocycles. The van der Waals surface area contributed by atoms with Crippen molar-refractivity contribution in [2.75, 3.05) is 44.0 Å². The van der Waals surface area contributed by atoms with Crippen molar-refractivity contribution in [3.8, 4) is 17.1 Å². The largest absolute Gasteiger partial charge is 0.467 e. The highest BCUT2D eigenvalue weighted by molar-refractivity contribution is 6.18. The van der Waals surface area contributed by atoms with Crippen LogP contribution in [0, 0.1) is 11.6 Å². The second-order valence-electron chi connectivity index (χ2n) is 8.07. The first kappa shape index (κ1) is 21.3. The molecular weight excluding hydrogens is 435 g/mol. The lowest BCUT2D eigenvalue weighted by atomic mass is 10.0. The number of pyridine rings is 1. The van der Waals surface area contributed by atoms with Crippen molar-refractivity contribution in [3.05, 3.63) is 36.3 Å². The number of nitrogens with zero attached hydrogens (tertiary/aromatic N) is 4. The molecule has 5 rings (SSSR count). The molecule has 0 spiro atoms. The molecule has 0 radical (unpaired) electrons. The Morgan fingerprint density at radius 3 is 2.61 bits per heavy atom. The number of rotatable bonds is 5. The zero-order chi connectivity index (χ0) is 23.3. The van der Waals surface area contributed by atoms with Gasteiger partial charge >= 0.3 is 6.01 Å². The monoisotopic (exact) mass is 457 g/mol. The van der Waals surface area contributed by atoms with E-state index in [1.165, 1.54) is 7.11 Å². The highest BCUT2D eigenvalue weighted by Gasteiger charge is 2.39. The Balaban J connectivity index is 1.85. The molecule has 4 heterocycles. The van der Waals surface area contributed by atoms with Gasteiger partial charge in [-0.25, -0.2) is 28.1 Å². The van der Waals surface area contributed by atoms with E-state index in [4.69, 9.17) is 10.5 Å². The lowest BCUT2D eigenvalue weighted by molar-refractivity contribution is 0.204. The second kappa shape index (κ2) is 7.77. The highest BCUT2D eigenvalue weighted by atomic mass is 19.2. The molecule has 33 heavy (non-hydrogen) atoms. The third kappa shape index (κ3) is 3.30. The van der Waals surface area contributed by atoms with Crippen molar-refractivity contribution >= 4 is 33.3 Å². The maximum absolute atomic E-state index is 15.2. The zero-order valence-corrected chi connectivity index (χ0v) is 18.0. The number of alkyl halides is 1. The number of H-pyrrole nitrogens is 1. The molecule has 172 valence electrons. The fourth-order valence-electron chi connectivity index (χ4n) is 4.43. The summed E-state index contributed by atoms with van der Waals surface area (Å²) in [5.41, 5.74) is 6.84. The first-order valence-corrected chi connectivity index (χ1v) is 10.4. The van der Waals surface area contributed by atoms with Crippen LogP contribution >= 0.6 is 0 Å². The molecule has 3 aromatic heterocycles. The number of methoxy groups -OCH3 is 1. The van der Waals surface area contributed by atoms with Gasteiger partial charge in [0.15, 0.2) is 11.6 Å². The van der Waals surface area contributed by atoms with E-state index in [2.05, 4.69) is 25.3 Å². The first-order chi connectivity index (χ1) is 15.9. The molecule has 1 unspecified atom stereocenters. The molecule has 1 saturated heterocycles. The number of halogens is 3. The number of benzene rings is 1. The molecule has 1 fully saturated rings. The third-order valence-corrected chi connectivity index (χ3v) is 6.14. The van der Waals surface area contributed by atoms with Crippen molar-refractivity contribution in [1.82, 2.24) is 19.9 Å². The van der Waals surface area contributed by atoms with E-state index in [1.807, 2.05) is 0 Å². The Hall–Kier alpha value is -3.60.